The zero-order valence-electron chi connectivity index (χ0n) is 15.3. The molecule has 0 aliphatic heterocycles. The second-order valence-corrected chi connectivity index (χ2v) is 6.67. The van der Waals surface area contributed by atoms with E-state index >= 15 is 0 Å². The van der Waals surface area contributed by atoms with Crippen LogP contribution < -0.4 is 10.5 Å². The Hall–Kier alpha value is -3.01. The van der Waals surface area contributed by atoms with Gasteiger partial charge in [-0.1, -0.05) is 0 Å². The van der Waals surface area contributed by atoms with Gasteiger partial charge in [0.25, 0.3) is 5.56 Å². The average Bonchev–Trinajstić information content (AvgIpc) is 3.21. The van der Waals surface area contributed by atoms with E-state index in [1.54, 1.807) is 12.3 Å². The van der Waals surface area contributed by atoms with Gasteiger partial charge in [-0.2, -0.15) is 0 Å². The molecule has 3 rings (SSSR count). The normalized spacial score (nSPS) is 11.0. The quantitative estimate of drug-likeness (QED) is 0.613. The van der Waals surface area contributed by atoms with Crippen molar-refractivity contribution in [2.24, 2.45) is 7.05 Å². The van der Waals surface area contributed by atoms with Crippen LogP contribution in [0.15, 0.2) is 20.9 Å². The SMILES string of the molecule is CCN(C(C)=O)c1nc(COC(=O)c2c(C)oc3ncn(C)c(=O)c23)cs1. The van der Waals surface area contributed by atoms with Gasteiger partial charge in [0.15, 0.2) is 5.13 Å². The summed E-state index contributed by atoms with van der Waals surface area (Å²) in [4.78, 5) is 46.3. The van der Waals surface area contributed by atoms with Crippen molar-refractivity contribution >= 4 is 39.4 Å². The van der Waals surface area contributed by atoms with E-state index in [-0.39, 0.29) is 40.5 Å². The van der Waals surface area contributed by atoms with Gasteiger partial charge in [-0.3, -0.25) is 14.5 Å². The first-order valence-electron chi connectivity index (χ1n) is 8.17. The van der Waals surface area contributed by atoms with E-state index in [4.69, 9.17) is 9.15 Å². The number of ether oxygens (including phenoxy) is 1. The van der Waals surface area contributed by atoms with E-state index in [2.05, 4.69) is 9.97 Å². The van der Waals surface area contributed by atoms with Crippen LogP contribution in [-0.2, 0) is 23.2 Å². The minimum atomic E-state index is -0.690. The number of furan rings is 1. The van der Waals surface area contributed by atoms with Gasteiger partial charge in [0.05, 0.1) is 5.69 Å². The van der Waals surface area contributed by atoms with Crippen LogP contribution in [-0.4, -0.2) is 33.0 Å². The molecule has 10 heteroatoms. The Morgan fingerprint density at radius 3 is 2.81 bits per heavy atom. The molecule has 0 bridgehead atoms. The van der Waals surface area contributed by atoms with Crippen LogP contribution in [0.1, 0.15) is 35.7 Å². The van der Waals surface area contributed by atoms with E-state index in [1.165, 1.54) is 41.1 Å². The maximum atomic E-state index is 12.5. The summed E-state index contributed by atoms with van der Waals surface area (Å²) in [5.74, 6) is -0.539. The zero-order chi connectivity index (χ0) is 19.7. The van der Waals surface area contributed by atoms with E-state index < -0.39 is 5.97 Å². The molecule has 0 unspecified atom stereocenters. The van der Waals surface area contributed by atoms with Crippen molar-refractivity contribution in [3.05, 3.63) is 39.1 Å². The number of esters is 1. The lowest BCUT2D eigenvalue weighted by atomic mass is 10.2. The second-order valence-electron chi connectivity index (χ2n) is 5.83. The van der Waals surface area contributed by atoms with Crippen molar-refractivity contribution in [1.29, 1.82) is 0 Å². The van der Waals surface area contributed by atoms with E-state index in [0.29, 0.717) is 17.4 Å². The molecule has 0 spiro atoms. The van der Waals surface area contributed by atoms with Crippen molar-refractivity contribution in [2.75, 3.05) is 11.4 Å². The lowest BCUT2D eigenvalue weighted by Crippen LogP contribution is -2.27. The Bertz CT molecular complexity index is 1080. The molecule has 3 heterocycles. The maximum Gasteiger partial charge on any atom is 0.343 e. The highest BCUT2D eigenvalue weighted by molar-refractivity contribution is 7.14. The molecule has 3 aromatic rings. The first-order chi connectivity index (χ1) is 12.8. The lowest BCUT2D eigenvalue weighted by molar-refractivity contribution is -0.116. The van der Waals surface area contributed by atoms with Crippen LogP contribution in [0.4, 0.5) is 5.13 Å². The molecule has 1 amide bonds. The fraction of sp³-hybridized carbons (Fsp3) is 0.353. The van der Waals surface area contributed by atoms with Crippen LogP contribution in [0.5, 0.6) is 0 Å². The van der Waals surface area contributed by atoms with Gasteiger partial charge in [-0.15, -0.1) is 11.3 Å². The topological polar surface area (TPSA) is 108 Å². The third-order valence-electron chi connectivity index (χ3n) is 3.97. The molecule has 3 aromatic heterocycles. The van der Waals surface area contributed by atoms with Gasteiger partial charge >= 0.3 is 5.97 Å². The molecule has 0 saturated carbocycles. The summed E-state index contributed by atoms with van der Waals surface area (Å²) in [6.45, 7) is 5.30. The van der Waals surface area contributed by atoms with Crippen LogP contribution in [0, 0.1) is 6.92 Å². The van der Waals surface area contributed by atoms with E-state index in [1.807, 2.05) is 6.92 Å². The van der Waals surface area contributed by atoms with Gasteiger partial charge < -0.3 is 13.7 Å². The number of aromatic nitrogens is 3. The fourth-order valence-corrected chi connectivity index (χ4v) is 3.54. The third kappa shape index (κ3) is 3.47. The highest BCUT2D eigenvalue weighted by Gasteiger charge is 2.24. The highest BCUT2D eigenvalue weighted by Crippen LogP contribution is 2.24. The summed E-state index contributed by atoms with van der Waals surface area (Å²) in [5, 5.41) is 2.35. The summed E-state index contributed by atoms with van der Waals surface area (Å²) < 4.78 is 12.0. The van der Waals surface area contributed by atoms with Crippen molar-refractivity contribution in [3.8, 4) is 0 Å². The Labute approximate surface area is 158 Å². The van der Waals surface area contributed by atoms with Gasteiger partial charge in [0.1, 0.15) is 29.6 Å². The molecule has 0 fully saturated rings. The number of carbonyl (C=O) groups excluding carboxylic acids is 2. The van der Waals surface area contributed by atoms with Crippen LogP contribution in [0.2, 0.25) is 0 Å². The minimum absolute atomic E-state index is 0.0630. The number of aryl methyl sites for hydroxylation is 2. The molecule has 0 radical (unpaired) electrons. The molecule has 0 aliphatic carbocycles. The summed E-state index contributed by atoms with van der Waals surface area (Å²) in [7, 11) is 1.54. The molecule has 0 aliphatic rings. The fourth-order valence-electron chi connectivity index (χ4n) is 2.62. The maximum absolute atomic E-state index is 12.5. The summed E-state index contributed by atoms with van der Waals surface area (Å²) >= 11 is 1.29. The Morgan fingerprint density at radius 2 is 2.15 bits per heavy atom. The van der Waals surface area contributed by atoms with Crippen molar-refractivity contribution in [2.45, 2.75) is 27.4 Å². The Balaban J connectivity index is 1.82. The summed E-state index contributed by atoms with van der Waals surface area (Å²) in [6.07, 6.45) is 1.33. The molecule has 0 N–H and O–H groups in total. The Morgan fingerprint density at radius 1 is 1.41 bits per heavy atom. The number of nitrogens with zero attached hydrogens (tertiary/aromatic N) is 4. The van der Waals surface area contributed by atoms with Gasteiger partial charge in [-0.25, -0.2) is 14.8 Å². The van der Waals surface area contributed by atoms with Crippen LogP contribution in [0.3, 0.4) is 0 Å². The molecule has 9 nitrogen and oxygen atoms in total. The van der Waals surface area contributed by atoms with Crippen LogP contribution in [0.25, 0.3) is 11.1 Å². The monoisotopic (exact) mass is 390 g/mol. The average molecular weight is 390 g/mol. The largest absolute Gasteiger partial charge is 0.455 e. The first-order valence-corrected chi connectivity index (χ1v) is 9.05. The van der Waals surface area contributed by atoms with Crippen molar-refractivity contribution in [3.63, 3.8) is 0 Å². The smallest absolute Gasteiger partial charge is 0.343 e. The first kappa shape index (κ1) is 18.8. The minimum Gasteiger partial charge on any atom is -0.455 e. The number of amides is 1. The zero-order valence-corrected chi connectivity index (χ0v) is 16.1. The number of rotatable bonds is 5. The molecule has 0 atom stereocenters. The molecule has 27 heavy (non-hydrogen) atoms. The second kappa shape index (κ2) is 7.31. The molecular weight excluding hydrogens is 372 g/mol. The standard InChI is InChI=1S/C17H18N4O5S/c1-5-21(10(3)22)17-19-11(7-27-17)6-25-16(24)12-9(2)26-14-13(12)15(23)20(4)8-18-14/h7-8H,5-6H2,1-4H3. The number of anilines is 1. The molecular formula is C17H18N4O5S. The molecule has 0 saturated heterocycles. The predicted octanol–water partition coefficient (Wildman–Crippen LogP) is 2.02. The van der Waals surface area contributed by atoms with Gasteiger partial charge in [0, 0.05) is 25.9 Å². The number of carbonyl (C=O) groups is 2. The van der Waals surface area contributed by atoms with Crippen molar-refractivity contribution in [1.82, 2.24) is 14.5 Å². The molecule has 0 aromatic carbocycles. The summed E-state index contributed by atoms with van der Waals surface area (Å²) in [5.41, 5.74) is 0.283. The van der Waals surface area contributed by atoms with Crippen LogP contribution >= 0.6 is 11.3 Å². The third-order valence-corrected chi connectivity index (χ3v) is 4.88. The predicted molar refractivity (Wildman–Crippen MR) is 98.9 cm³/mol. The van der Waals surface area contributed by atoms with Crippen molar-refractivity contribution < 1.29 is 18.7 Å². The van der Waals surface area contributed by atoms with E-state index in [9.17, 15) is 14.4 Å². The molecule has 142 valence electrons. The summed E-state index contributed by atoms with van der Waals surface area (Å²) in [6, 6.07) is 0. The number of thiazole rings is 1. The van der Waals surface area contributed by atoms with E-state index in [0.717, 1.165) is 0 Å². The number of hydrogen-bond acceptors (Lipinski definition) is 8. The number of fused-ring (bicyclic) bond motifs is 1. The van der Waals surface area contributed by atoms with Gasteiger partial charge in [0.2, 0.25) is 11.6 Å². The number of hydrogen-bond donors (Lipinski definition) is 0. The Kier molecular flexibility index (Phi) is 5.08. The van der Waals surface area contributed by atoms with Gasteiger partial charge in [-0.05, 0) is 13.8 Å². The highest BCUT2D eigenvalue weighted by atomic mass is 32.1. The lowest BCUT2D eigenvalue weighted by Gasteiger charge is -2.14.